The summed E-state index contributed by atoms with van der Waals surface area (Å²) >= 11 is 0. The Balaban J connectivity index is 1.35. The minimum Gasteiger partial charge on any atom is -0.379 e. The molecule has 1 aliphatic heterocycles. The third-order valence-electron chi connectivity index (χ3n) is 7.09. The Morgan fingerprint density at radius 1 is 1.04 bits per heavy atom. The largest absolute Gasteiger partial charge is 0.379 e. The van der Waals surface area contributed by atoms with E-state index in [-0.39, 0.29) is 5.54 Å². The van der Waals surface area contributed by atoms with Gasteiger partial charge in [-0.1, -0.05) is 0 Å². The van der Waals surface area contributed by atoms with Gasteiger partial charge in [-0.25, -0.2) is 0 Å². The van der Waals surface area contributed by atoms with Crippen LogP contribution < -0.4 is 5.32 Å². The highest BCUT2D eigenvalue weighted by Gasteiger charge is 2.50. The molecule has 0 aromatic carbocycles. The van der Waals surface area contributed by atoms with Gasteiger partial charge in [-0.2, -0.15) is 0 Å². The molecule has 4 aliphatic carbocycles. The van der Waals surface area contributed by atoms with Gasteiger partial charge in [-0.05, 0) is 69.6 Å². The molecule has 1 N–H and O–H groups in total. The van der Waals surface area contributed by atoms with Crippen LogP contribution in [-0.4, -0.2) is 49.2 Å². The number of hydrogen-bond donors (Lipinski definition) is 1. The summed E-state index contributed by atoms with van der Waals surface area (Å²) in [4.78, 5) is 15.4. The first-order valence-electron chi connectivity index (χ1n) is 9.63. The molecule has 4 bridgehead atoms. The Hall–Kier alpha value is -0.610. The molecule has 0 aromatic rings. The van der Waals surface area contributed by atoms with Gasteiger partial charge >= 0.3 is 0 Å². The minimum absolute atomic E-state index is 0.0192. The lowest BCUT2D eigenvalue weighted by molar-refractivity contribution is -0.138. The maximum Gasteiger partial charge on any atom is 0.223 e. The Labute approximate surface area is 140 Å². The highest BCUT2D eigenvalue weighted by Crippen LogP contribution is 2.56. The first-order valence-corrected chi connectivity index (χ1v) is 9.63. The lowest BCUT2D eigenvalue weighted by Gasteiger charge is -2.53. The molecule has 0 unspecified atom stereocenters. The second-order valence-electron chi connectivity index (χ2n) is 9.09. The molecule has 0 aromatic heterocycles. The number of amides is 1. The van der Waals surface area contributed by atoms with Crippen molar-refractivity contribution in [3.8, 4) is 0 Å². The molecule has 23 heavy (non-hydrogen) atoms. The van der Waals surface area contributed by atoms with Gasteiger partial charge in [0.2, 0.25) is 5.91 Å². The molecule has 5 aliphatic rings. The maximum absolute atomic E-state index is 12.9. The lowest BCUT2D eigenvalue weighted by atomic mass is 9.51. The second kappa shape index (κ2) is 6.03. The molecule has 130 valence electrons. The summed E-state index contributed by atoms with van der Waals surface area (Å²) < 4.78 is 5.45. The van der Waals surface area contributed by atoms with Crippen molar-refractivity contribution in [3.63, 3.8) is 0 Å². The summed E-state index contributed by atoms with van der Waals surface area (Å²) in [6.07, 6.45) is 6.72. The number of morpholine rings is 1. The van der Waals surface area contributed by atoms with Gasteiger partial charge in [0.15, 0.2) is 0 Å². The van der Waals surface area contributed by atoms with E-state index in [4.69, 9.17) is 4.74 Å². The predicted molar refractivity (Wildman–Crippen MR) is 90.0 cm³/mol. The van der Waals surface area contributed by atoms with Crippen LogP contribution in [0.3, 0.4) is 0 Å². The molecule has 1 heterocycles. The summed E-state index contributed by atoms with van der Waals surface area (Å²) in [6.45, 7) is 8.82. The quantitative estimate of drug-likeness (QED) is 0.864. The number of hydrogen-bond acceptors (Lipinski definition) is 3. The summed E-state index contributed by atoms with van der Waals surface area (Å²) in [5.41, 5.74) is 0.0192. The molecular weight excluding hydrogens is 288 g/mol. The van der Waals surface area contributed by atoms with E-state index in [1.165, 1.54) is 32.1 Å². The fraction of sp³-hybridized carbons (Fsp3) is 0.947. The fourth-order valence-corrected chi connectivity index (χ4v) is 6.06. The van der Waals surface area contributed by atoms with Crippen LogP contribution in [0.25, 0.3) is 0 Å². The zero-order valence-electron chi connectivity index (χ0n) is 14.7. The SMILES string of the molecule is CC(C)(CNC(=O)C1C2CC3CC(C2)CC1C3)N1CCOCC1. The molecule has 4 saturated carbocycles. The van der Waals surface area contributed by atoms with E-state index < -0.39 is 0 Å². The van der Waals surface area contributed by atoms with Gasteiger partial charge in [0.25, 0.3) is 0 Å². The van der Waals surface area contributed by atoms with Crippen molar-refractivity contribution in [2.45, 2.75) is 51.5 Å². The van der Waals surface area contributed by atoms with Crippen LogP contribution in [-0.2, 0) is 9.53 Å². The molecule has 0 atom stereocenters. The lowest BCUT2D eigenvalue weighted by Crippen LogP contribution is -2.57. The van der Waals surface area contributed by atoms with Gasteiger partial charge < -0.3 is 10.1 Å². The van der Waals surface area contributed by atoms with Gasteiger partial charge in [-0.3, -0.25) is 9.69 Å². The Morgan fingerprint density at radius 3 is 2.17 bits per heavy atom. The molecule has 0 radical (unpaired) electrons. The Morgan fingerprint density at radius 2 is 1.61 bits per heavy atom. The van der Waals surface area contributed by atoms with Gasteiger partial charge in [-0.15, -0.1) is 0 Å². The number of ether oxygens (including phenoxy) is 1. The summed E-state index contributed by atoms with van der Waals surface area (Å²) in [6, 6.07) is 0. The van der Waals surface area contributed by atoms with Gasteiger partial charge in [0, 0.05) is 31.1 Å². The Kier molecular flexibility index (Phi) is 4.17. The second-order valence-corrected chi connectivity index (χ2v) is 9.09. The standard InChI is InChI=1S/C19H32N2O2/c1-19(2,21-3-5-23-6-4-21)12-20-18(22)17-15-8-13-7-14(10-15)11-16(17)9-13/h13-17H,3-12H2,1-2H3,(H,20,22). The predicted octanol–water partition coefficient (Wildman–Crippen LogP) is 2.29. The van der Waals surface area contributed by atoms with E-state index in [9.17, 15) is 4.79 Å². The average molecular weight is 320 g/mol. The van der Waals surface area contributed by atoms with Crippen molar-refractivity contribution >= 4 is 5.91 Å². The van der Waals surface area contributed by atoms with Gasteiger partial charge in [0.1, 0.15) is 0 Å². The number of nitrogens with one attached hydrogen (secondary N) is 1. The summed E-state index contributed by atoms with van der Waals surface area (Å²) in [5.74, 6) is 3.89. The van der Waals surface area contributed by atoms with Crippen molar-refractivity contribution in [2.75, 3.05) is 32.8 Å². The third-order valence-corrected chi connectivity index (χ3v) is 7.09. The van der Waals surface area contributed by atoms with Crippen LogP contribution in [0.15, 0.2) is 0 Å². The number of carbonyl (C=O) groups is 1. The van der Waals surface area contributed by atoms with E-state index >= 15 is 0 Å². The van der Waals surface area contributed by atoms with Crippen molar-refractivity contribution in [1.29, 1.82) is 0 Å². The minimum atomic E-state index is 0.0192. The van der Waals surface area contributed by atoms with Crippen molar-refractivity contribution in [1.82, 2.24) is 10.2 Å². The van der Waals surface area contributed by atoms with Crippen LogP contribution in [0.1, 0.15) is 46.0 Å². The zero-order valence-corrected chi connectivity index (χ0v) is 14.7. The summed E-state index contributed by atoms with van der Waals surface area (Å²) in [5, 5.41) is 3.33. The monoisotopic (exact) mass is 320 g/mol. The van der Waals surface area contributed by atoms with E-state index in [2.05, 4.69) is 24.1 Å². The third kappa shape index (κ3) is 3.05. The molecule has 1 amide bonds. The van der Waals surface area contributed by atoms with Gasteiger partial charge in [0.05, 0.1) is 13.2 Å². The molecule has 4 heteroatoms. The van der Waals surface area contributed by atoms with Crippen LogP contribution in [0.2, 0.25) is 0 Å². The highest BCUT2D eigenvalue weighted by atomic mass is 16.5. The molecule has 5 rings (SSSR count). The van der Waals surface area contributed by atoms with Crippen molar-refractivity contribution in [3.05, 3.63) is 0 Å². The molecular formula is C19H32N2O2. The maximum atomic E-state index is 12.9. The topological polar surface area (TPSA) is 41.6 Å². The van der Waals surface area contributed by atoms with E-state index in [0.717, 1.165) is 44.7 Å². The van der Waals surface area contributed by atoms with Crippen LogP contribution >= 0.6 is 0 Å². The Bertz CT molecular complexity index is 428. The molecule has 0 spiro atoms. The van der Waals surface area contributed by atoms with Crippen LogP contribution in [0.5, 0.6) is 0 Å². The molecule has 4 nitrogen and oxygen atoms in total. The van der Waals surface area contributed by atoms with E-state index in [0.29, 0.717) is 23.7 Å². The van der Waals surface area contributed by atoms with Crippen molar-refractivity contribution in [2.24, 2.45) is 29.6 Å². The highest BCUT2D eigenvalue weighted by molar-refractivity contribution is 5.79. The van der Waals surface area contributed by atoms with Crippen LogP contribution in [0, 0.1) is 29.6 Å². The average Bonchev–Trinajstić information content (AvgIpc) is 2.53. The fourth-order valence-electron chi connectivity index (χ4n) is 6.06. The van der Waals surface area contributed by atoms with Crippen molar-refractivity contribution < 1.29 is 9.53 Å². The number of carbonyl (C=O) groups excluding carboxylic acids is 1. The molecule has 5 fully saturated rings. The number of rotatable bonds is 4. The normalized spacial score (nSPS) is 40.3. The van der Waals surface area contributed by atoms with Crippen LogP contribution in [0.4, 0.5) is 0 Å². The number of nitrogens with zero attached hydrogens (tertiary/aromatic N) is 1. The first-order chi connectivity index (χ1) is 11.0. The zero-order chi connectivity index (χ0) is 16.0. The smallest absolute Gasteiger partial charge is 0.223 e. The molecule has 1 saturated heterocycles. The summed E-state index contributed by atoms with van der Waals surface area (Å²) in [7, 11) is 0. The van der Waals surface area contributed by atoms with E-state index in [1.54, 1.807) is 0 Å². The van der Waals surface area contributed by atoms with E-state index in [1.807, 2.05) is 0 Å². The first kappa shape index (κ1) is 15.9.